The van der Waals surface area contributed by atoms with Crippen LogP contribution in [0.5, 0.6) is 0 Å². The first-order valence-electron chi connectivity index (χ1n) is 7.08. The van der Waals surface area contributed by atoms with Crippen molar-refractivity contribution in [3.8, 4) is 0 Å². The summed E-state index contributed by atoms with van der Waals surface area (Å²) in [4.78, 5) is 42.5. The number of anilines is 1. The highest BCUT2D eigenvalue weighted by Gasteiger charge is 2.43. The monoisotopic (exact) mass is 368 g/mol. The third-order valence-electron chi connectivity index (χ3n) is 3.88. The lowest BCUT2D eigenvalue weighted by Crippen LogP contribution is -2.42. The molecule has 0 bridgehead atoms. The highest BCUT2D eigenvalue weighted by atomic mass is 16.6. The standard InChI is InChI=1S/C14H16N4O8/c1-7(14(2,3)11(12(19)20)13(21)22)15-16-9-5-4-8(17(23)24)6-10(9)18(25)26/h4-6,11,16H,1-3H3,(H,19,20)(H,21,22)/b15-7-. The number of nitrogens with zero attached hydrogens (tertiary/aromatic N) is 3. The van der Waals surface area contributed by atoms with Crippen molar-refractivity contribution in [2.24, 2.45) is 16.4 Å². The number of nitrogens with one attached hydrogen (secondary N) is 1. The van der Waals surface area contributed by atoms with E-state index in [4.69, 9.17) is 10.2 Å². The maximum atomic E-state index is 11.2. The Morgan fingerprint density at radius 2 is 1.69 bits per heavy atom. The molecule has 0 spiro atoms. The molecule has 1 aromatic carbocycles. The number of non-ortho nitro benzene ring substituents is 1. The van der Waals surface area contributed by atoms with Crippen molar-refractivity contribution in [3.05, 3.63) is 38.4 Å². The van der Waals surface area contributed by atoms with Crippen molar-refractivity contribution in [1.82, 2.24) is 0 Å². The minimum absolute atomic E-state index is 0.0555. The normalized spacial score (nSPS) is 11.9. The summed E-state index contributed by atoms with van der Waals surface area (Å²) in [5.41, 5.74) is -0.288. The number of aliphatic carboxylic acids is 2. The van der Waals surface area contributed by atoms with Crippen LogP contribution in [-0.2, 0) is 9.59 Å². The molecular formula is C14H16N4O8. The maximum Gasteiger partial charge on any atom is 0.318 e. The average molecular weight is 368 g/mol. The van der Waals surface area contributed by atoms with Gasteiger partial charge in [-0.3, -0.25) is 35.2 Å². The third kappa shape index (κ3) is 4.28. The summed E-state index contributed by atoms with van der Waals surface area (Å²) in [7, 11) is 0. The lowest BCUT2D eigenvalue weighted by atomic mass is 9.75. The highest BCUT2D eigenvalue weighted by molar-refractivity contribution is 6.02. The second-order valence-corrected chi connectivity index (χ2v) is 5.86. The van der Waals surface area contributed by atoms with Crippen LogP contribution in [0.1, 0.15) is 20.8 Å². The molecule has 0 aliphatic rings. The molecular weight excluding hydrogens is 352 g/mol. The van der Waals surface area contributed by atoms with Crippen LogP contribution in [0, 0.1) is 31.6 Å². The average Bonchev–Trinajstić information content (AvgIpc) is 2.50. The summed E-state index contributed by atoms with van der Waals surface area (Å²) in [6.07, 6.45) is 0. The lowest BCUT2D eigenvalue weighted by Gasteiger charge is -2.28. The predicted octanol–water partition coefficient (Wildman–Crippen LogP) is 2.10. The first-order valence-corrected chi connectivity index (χ1v) is 7.08. The van der Waals surface area contributed by atoms with Gasteiger partial charge < -0.3 is 10.2 Å². The van der Waals surface area contributed by atoms with Crippen molar-refractivity contribution in [3.63, 3.8) is 0 Å². The van der Waals surface area contributed by atoms with Gasteiger partial charge >= 0.3 is 17.6 Å². The van der Waals surface area contributed by atoms with Crippen LogP contribution in [-0.4, -0.2) is 37.7 Å². The molecule has 0 saturated heterocycles. The molecule has 3 N–H and O–H groups in total. The molecule has 0 saturated carbocycles. The Balaban J connectivity index is 3.23. The van der Waals surface area contributed by atoms with Gasteiger partial charge in [-0.2, -0.15) is 5.10 Å². The van der Waals surface area contributed by atoms with E-state index in [9.17, 15) is 29.8 Å². The van der Waals surface area contributed by atoms with Crippen LogP contribution in [0.2, 0.25) is 0 Å². The van der Waals surface area contributed by atoms with Crippen LogP contribution >= 0.6 is 0 Å². The fourth-order valence-corrected chi connectivity index (χ4v) is 2.10. The Kier molecular flexibility index (Phi) is 5.94. The quantitative estimate of drug-likeness (QED) is 0.267. The molecule has 0 aliphatic heterocycles. The summed E-state index contributed by atoms with van der Waals surface area (Å²) in [5, 5.41) is 43.8. The summed E-state index contributed by atoms with van der Waals surface area (Å²) in [5.74, 6) is -4.91. The SMILES string of the molecule is C/C(=N/Nc1ccc([N+](=O)[O-])cc1[N+](=O)[O-])C(C)(C)C(C(=O)O)C(=O)O. The number of nitro groups is 2. The van der Waals surface area contributed by atoms with Crippen LogP contribution in [0.3, 0.4) is 0 Å². The molecule has 0 unspecified atom stereocenters. The van der Waals surface area contributed by atoms with Crippen LogP contribution in [0.4, 0.5) is 17.1 Å². The van der Waals surface area contributed by atoms with Crippen molar-refractivity contribution in [2.45, 2.75) is 20.8 Å². The van der Waals surface area contributed by atoms with E-state index in [2.05, 4.69) is 10.5 Å². The van der Waals surface area contributed by atoms with Gasteiger partial charge in [0.1, 0.15) is 5.69 Å². The first kappa shape index (κ1) is 20.5. The van der Waals surface area contributed by atoms with Gasteiger partial charge in [-0.1, -0.05) is 13.8 Å². The van der Waals surface area contributed by atoms with Gasteiger partial charge in [0.25, 0.3) is 5.69 Å². The molecule has 0 aromatic heterocycles. The van der Waals surface area contributed by atoms with Gasteiger partial charge in [-0.25, -0.2) is 0 Å². The van der Waals surface area contributed by atoms with E-state index in [1.165, 1.54) is 20.8 Å². The van der Waals surface area contributed by atoms with E-state index in [-0.39, 0.29) is 11.4 Å². The van der Waals surface area contributed by atoms with E-state index in [0.717, 1.165) is 18.2 Å². The Morgan fingerprint density at radius 1 is 1.15 bits per heavy atom. The van der Waals surface area contributed by atoms with E-state index in [0.29, 0.717) is 0 Å². The topological polar surface area (TPSA) is 185 Å². The Morgan fingerprint density at radius 3 is 2.12 bits per heavy atom. The summed E-state index contributed by atoms with van der Waals surface area (Å²) < 4.78 is 0. The molecule has 0 amide bonds. The second-order valence-electron chi connectivity index (χ2n) is 5.86. The molecule has 0 fully saturated rings. The number of carboxylic acids is 2. The molecule has 12 heteroatoms. The number of carbonyl (C=O) groups is 2. The number of nitro benzene ring substituents is 2. The minimum atomic E-state index is -1.79. The van der Waals surface area contributed by atoms with Crippen LogP contribution in [0.15, 0.2) is 23.3 Å². The van der Waals surface area contributed by atoms with Crippen molar-refractivity contribution in [2.75, 3.05) is 5.43 Å². The summed E-state index contributed by atoms with van der Waals surface area (Å²) >= 11 is 0. The van der Waals surface area contributed by atoms with Crippen LogP contribution < -0.4 is 5.43 Å². The zero-order valence-electron chi connectivity index (χ0n) is 14.0. The molecule has 12 nitrogen and oxygen atoms in total. The molecule has 26 heavy (non-hydrogen) atoms. The van der Waals surface area contributed by atoms with Gasteiger partial charge in [-0.05, 0) is 13.0 Å². The molecule has 140 valence electrons. The van der Waals surface area contributed by atoms with Gasteiger partial charge in [0.2, 0.25) is 0 Å². The molecule has 1 rings (SSSR count). The van der Waals surface area contributed by atoms with Crippen molar-refractivity contribution in [1.29, 1.82) is 0 Å². The second kappa shape index (κ2) is 7.55. The maximum absolute atomic E-state index is 11.2. The van der Waals surface area contributed by atoms with Crippen LogP contribution in [0.25, 0.3) is 0 Å². The van der Waals surface area contributed by atoms with Gasteiger partial charge in [0, 0.05) is 17.2 Å². The van der Waals surface area contributed by atoms with Gasteiger partial charge in [-0.15, -0.1) is 0 Å². The summed E-state index contributed by atoms with van der Waals surface area (Å²) in [6, 6.07) is 2.85. The fraction of sp³-hybridized carbons (Fsp3) is 0.357. The molecule has 0 atom stereocenters. The van der Waals surface area contributed by atoms with Gasteiger partial charge in [0.15, 0.2) is 5.92 Å². The van der Waals surface area contributed by atoms with E-state index < -0.39 is 44.5 Å². The van der Waals surface area contributed by atoms with Crippen molar-refractivity contribution < 1.29 is 29.6 Å². The van der Waals surface area contributed by atoms with Gasteiger partial charge in [0.05, 0.1) is 15.9 Å². The van der Waals surface area contributed by atoms with E-state index in [1.54, 1.807) is 0 Å². The zero-order valence-corrected chi connectivity index (χ0v) is 14.0. The first-order chi connectivity index (χ1) is 11.9. The third-order valence-corrected chi connectivity index (χ3v) is 3.88. The Hall–Kier alpha value is -3.57. The predicted molar refractivity (Wildman–Crippen MR) is 89.0 cm³/mol. The summed E-state index contributed by atoms with van der Waals surface area (Å²) in [6.45, 7) is 4.07. The number of hydrazone groups is 1. The van der Waals surface area contributed by atoms with Crippen molar-refractivity contribution >= 4 is 34.7 Å². The zero-order chi connectivity index (χ0) is 20.2. The molecule has 0 aliphatic carbocycles. The lowest BCUT2D eigenvalue weighted by molar-refractivity contribution is -0.393. The van der Waals surface area contributed by atoms with E-state index >= 15 is 0 Å². The molecule has 0 radical (unpaired) electrons. The number of rotatable bonds is 8. The number of hydrogen-bond acceptors (Lipinski definition) is 8. The highest BCUT2D eigenvalue weighted by Crippen LogP contribution is 2.32. The fourth-order valence-electron chi connectivity index (χ4n) is 2.10. The smallest absolute Gasteiger partial charge is 0.318 e. The Bertz CT molecular complexity index is 788. The number of benzene rings is 1. The largest absolute Gasteiger partial charge is 0.481 e. The number of carboxylic acid groups (broad SMARTS) is 2. The number of hydrogen-bond donors (Lipinski definition) is 3. The van der Waals surface area contributed by atoms with E-state index in [1.807, 2.05) is 0 Å². The molecule has 0 heterocycles. The Labute approximate surface area is 146 Å². The molecule has 1 aromatic rings. The minimum Gasteiger partial charge on any atom is -0.481 e.